The number of carbonyl (C=O) groups excluding carboxylic acids is 2. The molecule has 2 saturated heterocycles. The van der Waals surface area contributed by atoms with Crippen LogP contribution in [0, 0.1) is 6.92 Å². The first-order valence-electron chi connectivity index (χ1n) is 9.30. The third-order valence-electron chi connectivity index (χ3n) is 5.17. The quantitative estimate of drug-likeness (QED) is 0.776. The van der Waals surface area contributed by atoms with E-state index < -0.39 is 12.1 Å². The largest absolute Gasteiger partial charge is 0.490 e. The van der Waals surface area contributed by atoms with Crippen LogP contribution in [0.15, 0.2) is 35.2 Å². The molecular formula is C19H19F3N4O5. The van der Waals surface area contributed by atoms with Gasteiger partial charge >= 0.3 is 12.1 Å². The van der Waals surface area contributed by atoms with E-state index >= 15 is 0 Å². The number of aliphatic carboxylic acids is 1. The lowest BCUT2D eigenvalue weighted by Gasteiger charge is -2.25. The van der Waals surface area contributed by atoms with Gasteiger partial charge in [0.2, 0.25) is 5.91 Å². The lowest BCUT2D eigenvalue weighted by atomic mass is 10.1. The summed E-state index contributed by atoms with van der Waals surface area (Å²) in [5.74, 6) is -2.25. The molecule has 2 aromatic rings. The van der Waals surface area contributed by atoms with Crippen LogP contribution < -0.4 is 0 Å². The van der Waals surface area contributed by atoms with Crippen LogP contribution in [0.4, 0.5) is 13.2 Å². The zero-order chi connectivity index (χ0) is 22.8. The fourth-order valence-electron chi connectivity index (χ4n) is 3.73. The van der Waals surface area contributed by atoms with Crippen LogP contribution in [0.5, 0.6) is 0 Å². The van der Waals surface area contributed by atoms with Crippen LogP contribution in [0.2, 0.25) is 0 Å². The van der Waals surface area contributed by atoms with Gasteiger partial charge in [0, 0.05) is 31.9 Å². The lowest BCUT2D eigenvalue weighted by Crippen LogP contribution is -2.39. The Morgan fingerprint density at radius 2 is 2.00 bits per heavy atom. The van der Waals surface area contributed by atoms with Gasteiger partial charge in [0.15, 0.2) is 0 Å². The SMILES string of the molecule is Cc1oncc1C(=O)N1CC[C@@H]2[C@@H]1CC(=O)N2Cc1cccnc1.O=C(O)C(F)(F)F. The van der Waals surface area contributed by atoms with E-state index in [-0.39, 0.29) is 23.9 Å². The molecule has 2 fully saturated rings. The first-order valence-corrected chi connectivity index (χ1v) is 9.30. The molecule has 0 spiro atoms. The van der Waals surface area contributed by atoms with Crippen molar-refractivity contribution in [3.63, 3.8) is 0 Å². The molecule has 2 aliphatic rings. The van der Waals surface area contributed by atoms with Crippen molar-refractivity contribution in [2.75, 3.05) is 6.54 Å². The molecule has 0 bridgehead atoms. The van der Waals surface area contributed by atoms with Crippen LogP contribution in [0.3, 0.4) is 0 Å². The Morgan fingerprint density at radius 1 is 1.29 bits per heavy atom. The number of aromatic nitrogens is 2. The summed E-state index contributed by atoms with van der Waals surface area (Å²) in [6.45, 7) is 2.92. The number of hydrogen-bond acceptors (Lipinski definition) is 6. The van der Waals surface area contributed by atoms with E-state index in [0.717, 1.165) is 12.0 Å². The third-order valence-corrected chi connectivity index (χ3v) is 5.17. The molecule has 2 aromatic heterocycles. The van der Waals surface area contributed by atoms with Gasteiger partial charge in [-0.15, -0.1) is 0 Å². The maximum absolute atomic E-state index is 12.7. The van der Waals surface area contributed by atoms with Gasteiger partial charge in [0.1, 0.15) is 11.3 Å². The first kappa shape index (κ1) is 22.2. The van der Waals surface area contributed by atoms with E-state index in [9.17, 15) is 22.8 Å². The van der Waals surface area contributed by atoms with Gasteiger partial charge < -0.3 is 19.4 Å². The van der Waals surface area contributed by atoms with Gasteiger partial charge in [0.05, 0.1) is 18.3 Å². The zero-order valence-electron chi connectivity index (χ0n) is 16.4. The number of fused-ring (bicyclic) bond motifs is 1. The number of pyridine rings is 1. The van der Waals surface area contributed by atoms with Gasteiger partial charge in [-0.3, -0.25) is 14.6 Å². The van der Waals surface area contributed by atoms with Crippen molar-refractivity contribution in [2.24, 2.45) is 0 Å². The first-order chi connectivity index (χ1) is 14.6. The van der Waals surface area contributed by atoms with Gasteiger partial charge in [-0.05, 0) is 25.0 Å². The smallest absolute Gasteiger partial charge is 0.475 e. The molecule has 4 heterocycles. The van der Waals surface area contributed by atoms with Crippen molar-refractivity contribution < 1.29 is 37.2 Å². The number of nitrogens with zero attached hydrogens (tertiary/aromatic N) is 4. The average molecular weight is 440 g/mol. The summed E-state index contributed by atoms with van der Waals surface area (Å²) in [6.07, 6.45) is 1.04. The number of halogens is 3. The predicted molar refractivity (Wildman–Crippen MR) is 97.6 cm³/mol. The lowest BCUT2D eigenvalue weighted by molar-refractivity contribution is -0.192. The monoisotopic (exact) mass is 440 g/mol. The molecule has 4 rings (SSSR count). The minimum Gasteiger partial charge on any atom is -0.475 e. The Morgan fingerprint density at radius 3 is 2.55 bits per heavy atom. The number of hydrogen-bond donors (Lipinski definition) is 1. The summed E-state index contributed by atoms with van der Waals surface area (Å²) in [6, 6.07) is 3.83. The van der Waals surface area contributed by atoms with Crippen molar-refractivity contribution >= 4 is 17.8 Å². The number of rotatable bonds is 3. The summed E-state index contributed by atoms with van der Waals surface area (Å²) in [5.41, 5.74) is 1.49. The topological polar surface area (TPSA) is 117 Å². The fourth-order valence-corrected chi connectivity index (χ4v) is 3.73. The van der Waals surface area contributed by atoms with Crippen molar-refractivity contribution in [3.05, 3.63) is 47.6 Å². The van der Waals surface area contributed by atoms with Gasteiger partial charge in [-0.25, -0.2) is 4.79 Å². The van der Waals surface area contributed by atoms with Crippen LogP contribution in [-0.4, -0.2) is 67.6 Å². The second-order valence-corrected chi connectivity index (χ2v) is 7.11. The summed E-state index contributed by atoms with van der Waals surface area (Å²) in [5, 5.41) is 10.8. The summed E-state index contributed by atoms with van der Waals surface area (Å²) < 4.78 is 36.7. The van der Waals surface area contributed by atoms with Gasteiger partial charge in [-0.1, -0.05) is 11.2 Å². The van der Waals surface area contributed by atoms with Crippen molar-refractivity contribution in [3.8, 4) is 0 Å². The molecule has 0 radical (unpaired) electrons. The standard InChI is InChI=1S/C17H18N4O3.C2HF3O2/c1-11-13(9-19-24-11)17(23)20-6-4-14-15(20)7-16(22)21(14)10-12-3-2-5-18-8-12;3-2(4,5)1(6)7/h2-3,5,8-9,14-15H,4,6-7,10H2,1H3;(H,6,7)/t14-,15+;/m1./s1. The maximum Gasteiger partial charge on any atom is 0.490 e. The molecule has 0 aliphatic carbocycles. The highest BCUT2D eigenvalue weighted by atomic mass is 19.4. The van der Waals surface area contributed by atoms with E-state index in [1.165, 1.54) is 6.20 Å². The van der Waals surface area contributed by atoms with E-state index in [1.54, 1.807) is 24.2 Å². The fraction of sp³-hybridized carbons (Fsp3) is 0.421. The number of likely N-dealkylation sites (tertiary alicyclic amines) is 2. The van der Waals surface area contributed by atoms with Crippen molar-refractivity contribution in [2.45, 2.75) is 44.6 Å². The molecule has 166 valence electrons. The summed E-state index contributed by atoms with van der Waals surface area (Å²) in [4.78, 5) is 41.9. The summed E-state index contributed by atoms with van der Waals surface area (Å²) in [7, 11) is 0. The Bertz CT molecular complexity index is 963. The molecular weight excluding hydrogens is 421 g/mol. The van der Waals surface area contributed by atoms with E-state index in [2.05, 4.69) is 10.1 Å². The number of alkyl halides is 3. The Balaban J connectivity index is 0.000000339. The maximum atomic E-state index is 12.7. The zero-order valence-corrected chi connectivity index (χ0v) is 16.4. The van der Waals surface area contributed by atoms with Crippen molar-refractivity contribution in [1.29, 1.82) is 0 Å². The number of carbonyl (C=O) groups is 3. The van der Waals surface area contributed by atoms with Crippen LogP contribution in [-0.2, 0) is 16.1 Å². The van der Waals surface area contributed by atoms with Crippen LogP contribution in [0.25, 0.3) is 0 Å². The molecule has 12 heteroatoms. The Labute approximate surface area is 174 Å². The highest BCUT2D eigenvalue weighted by molar-refractivity contribution is 5.96. The molecule has 0 unspecified atom stereocenters. The number of amides is 2. The molecule has 2 amide bonds. The van der Waals surface area contributed by atoms with Crippen LogP contribution in [0.1, 0.15) is 34.5 Å². The molecule has 1 N–H and O–H groups in total. The second kappa shape index (κ2) is 8.74. The molecule has 2 aliphatic heterocycles. The molecule has 0 saturated carbocycles. The number of carboxylic acids is 1. The number of aryl methyl sites for hydroxylation is 1. The Hall–Kier alpha value is -3.44. The van der Waals surface area contributed by atoms with Gasteiger partial charge in [-0.2, -0.15) is 13.2 Å². The summed E-state index contributed by atoms with van der Waals surface area (Å²) >= 11 is 0. The highest BCUT2D eigenvalue weighted by Gasteiger charge is 2.48. The molecule has 9 nitrogen and oxygen atoms in total. The molecule has 31 heavy (non-hydrogen) atoms. The third kappa shape index (κ3) is 4.84. The minimum atomic E-state index is -5.08. The van der Waals surface area contributed by atoms with E-state index in [1.807, 2.05) is 17.0 Å². The highest BCUT2D eigenvalue weighted by Crippen LogP contribution is 2.34. The van der Waals surface area contributed by atoms with E-state index in [0.29, 0.717) is 30.8 Å². The van der Waals surface area contributed by atoms with Crippen molar-refractivity contribution in [1.82, 2.24) is 19.9 Å². The van der Waals surface area contributed by atoms with Crippen LogP contribution >= 0.6 is 0 Å². The predicted octanol–water partition coefficient (Wildman–Crippen LogP) is 2.03. The average Bonchev–Trinajstić information content (AvgIpc) is 3.39. The molecule has 0 aromatic carbocycles. The normalized spacial score (nSPS) is 20.3. The van der Waals surface area contributed by atoms with E-state index in [4.69, 9.17) is 14.4 Å². The second-order valence-electron chi connectivity index (χ2n) is 7.11. The van der Waals surface area contributed by atoms with Gasteiger partial charge in [0.25, 0.3) is 5.91 Å². The molecule has 2 atom stereocenters. The number of carboxylic acid groups (broad SMARTS) is 1. The Kier molecular flexibility index (Phi) is 6.27. The minimum absolute atomic E-state index is 0.0711.